The predicted octanol–water partition coefficient (Wildman–Crippen LogP) is 15.8. The molecule has 0 radical (unpaired) electrons. The maximum Gasteiger partial charge on any atom is 0.0669 e. The summed E-state index contributed by atoms with van der Waals surface area (Å²) < 4.78 is 0. The van der Waals surface area contributed by atoms with Gasteiger partial charge in [0.05, 0.1) is 4.87 Å². The summed E-state index contributed by atoms with van der Waals surface area (Å²) in [5, 5.41) is 0. The lowest BCUT2D eigenvalue weighted by Crippen LogP contribution is -2.16. The normalized spacial score (nSPS) is 13.0. The fraction of sp³-hybridized carbons (Fsp3) is 0.857. The number of halogens is 1. The van der Waals surface area contributed by atoms with Gasteiger partial charge in [-0.3, -0.25) is 0 Å². The van der Waals surface area contributed by atoms with Crippen molar-refractivity contribution < 1.29 is 0 Å². The van der Waals surface area contributed by atoms with Gasteiger partial charge in [-0.05, 0) is 37.3 Å². The van der Waals surface area contributed by atoms with Crippen molar-refractivity contribution in [2.24, 2.45) is 0 Å². The molecule has 43 heavy (non-hydrogen) atoms. The molecule has 0 N–H and O–H groups in total. The second-order valence-corrected chi connectivity index (χ2v) is 15.1. The summed E-state index contributed by atoms with van der Waals surface area (Å²) in [6.07, 6.45) is 44.9. The van der Waals surface area contributed by atoms with E-state index in [1.165, 1.54) is 210 Å². The summed E-state index contributed by atoms with van der Waals surface area (Å²) in [7, 11) is 0. The minimum atomic E-state index is -0.220. The fourth-order valence-electron chi connectivity index (χ4n) is 6.90. The average Bonchev–Trinajstić information content (AvgIpc) is 3.01. The third-order valence-corrected chi connectivity index (χ3v) is 10.3. The van der Waals surface area contributed by atoms with Gasteiger partial charge in [0.1, 0.15) is 0 Å². The molecule has 0 saturated heterocycles. The van der Waals surface area contributed by atoms with Crippen LogP contribution in [0.5, 0.6) is 0 Å². The van der Waals surface area contributed by atoms with Gasteiger partial charge in [0, 0.05) is 0 Å². The SMILES string of the molecule is CCCCCCCCCCCCCCCCCCC(C)(Cl)c1ccccc1CCCCCCCCCCCCCCCC. The van der Waals surface area contributed by atoms with Crippen LogP contribution in [0, 0.1) is 0 Å². The molecule has 0 aliphatic rings. The van der Waals surface area contributed by atoms with Crippen molar-refractivity contribution in [3.05, 3.63) is 35.4 Å². The second kappa shape index (κ2) is 30.2. The molecule has 0 fully saturated rings. The highest BCUT2D eigenvalue weighted by Gasteiger charge is 2.25. The molecule has 0 nitrogen and oxygen atoms in total. The molecule has 0 aromatic heterocycles. The molecule has 0 heterocycles. The number of benzene rings is 1. The summed E-state index contributed by atoms with van der Waals surface area (Å²) in [4.78, 5) is -0.220. The van der Waals surface area contributed by atoms with Crippen molar-refractivity contribution in [2.45, 2.75) is 231 Å². The van der Waals surface area contributed by atoms with Crippen LogP contribution in [0.3, 0.4) is 0 Å². The van der Waals surface area contributed by atoms with Gasteiger partial charge < -0.3 is 0 Å². The quantitative estimate of drug-likeness (QED) is 0.0544. The number of alkyl halides is 1. The zero-order valence-electron chi connectivity index (χ0n) is 29.8. The standard InChI is InChI=1S/C42H77Cl/c1-4-6-8-10-12-14-16-18-20-21-23-25-27-29-31-35-39-42(3,43)41-38-34-33-37-40(41)36-32-30-28-26-24-22-19-17-15-13-11-9-7-5-2/h33-34,37-38H,4-32,35-36,39H2,1-3H3. The van der Waals surface area contributed by atoms with E-state index in [0.29, 0.717) is 0 Å². The maximum atomic E-state index is 7.20. The van der Waals surface area contributed by atoms with E-state index in [1.54, 1.807) is 0 Å². The third-order valence-electron chi connectivity index (χ3n) is 9.88. The molecule has 0 aliphatic heterocycles. The summed E-state index contributed by atoms with van der Waals surface area (Å²) in [5.74, 6) is 0. The molecule has 1 atom stereocenters. The number of rotatable bonds is 33. The predicted molar refractivity (Wildman–Crippen MR) is 198 cm³/mol. The summed E-state index contributed by atoms with van der Waals surface area (Å²) >= 11 is 7.20. The number of hydrogen-bond donors (Lipinski definition) is 0. The Morgan fingerprint density at radius 2 is 0.721 bits per heavy atom. The molecule has 1 unspecified atom stereocenters. The summed E-state index contributed by atoms with van der Waals surface area (Å²) in [5.41, 5.74) is 2.89. The van der Waals surface area contributed by atoms with Crippen LogP contribution in [0.1, 0.15) is 231 Å². The van der Waals surface area contributed by atoms with Crippen LogP contribution in [-0.2, 0) is 11.3 Å². The highest BCUT2D eigenvalue weighted by Crippen LogP contribution is 2.37. The van der Waals surface area contributed by atoms with Crippen molar-refractivity contribution in [1.29, 1.82) is 0 Å². The minimum Gasteiger partial charge on any atom is -0.114 e. The first-order chi connectivity index (χ1) is 21.1. The molecule has 0 spiro atoms. The Kier molecular flexibility index (Phi) is 28.4. The molecule has 252 valence electrons. The van der Waals surface area contributed by atoms with Gasteiger partial charge in [-0.25, -0.2) is 0 Å². The molecule has 0 amide bonds. The Morgan fingerprint density at radius 1 is 0.419 bits per heavy atom. The highest BCUT2D eigenvalue weighted by molar-refractivity contribution is 6.23. The first kappa shape index (κ1) is 40.5. The zero-order valence-corrected chi connectivity index (χ0v) is 30.6. The van der Waals surface area contributed by atoms with Gasteiger partial charge in [0.2, 0.25) is 0 Å². The van der Waals surface area contributed by atoms with Crippen molar-refractivity contribution in [1.82, 2.24) is 0 Å². The van der Waals surface area contributed by atoms with Gasteiger partial charge >= 0.3 is 0 Å². The van der Waals surface area contributed by atoms with Crippen molar-refractivity contribution >= 4 is 11.6 Å². The lowest BCUT2D eigenvalue weighted by molar-refractivity contribution is 0.506. The van der Waals surface area contributed by atoms with Crippen LogP contribution in [0.4, 0.5) is 0 Å². The van der Waals surface area contributed by atoms with E-state index in [9.17, 15) is 0 Å². The van der Waals surface area contributed by atoms with E-state index in [4.69, 9.17) is 11.6 Å². The second-order valence-electron chi connectivity index (χ2n) is 14.3. The minimum absolute atomic E-state index is 0.220. The molecule has 1 heteroatoms. The van der Waals surface area contributed by atoms with E-state index in [-0.39, 0.29) is 4.87 Å². The number of unbranched alkanes of at least 4 members (excludes halogenated alkanes) is 28. The molecular formula is C42H77Cl. The monoisotopic (exact) mass is 617 g/mol. The lowest BCUT2D eigenvalue weighted by atomic mass is 9.88. The van der Waals surface area contributed by atoms with Gasteiger partial charge in [-0.2, -0.15) is 0 Å². The smallest absolute Gasteiger partial charge is 0.0669 e. The van der Waals surface area contributed by atoms with Crippen LogP contribution >= 0.6 is 11.6 Å². The van der Waals surface area contributed by atoms with E-state index in [1.807, 2.05) is 0 Å². The molecule has 1 rings (SSSR count). The maximum absolute atomic E-state index is 7.20. The first-order valence-corrected chi connectivity index (χ1v) is 20.3. The van der Waals surface area contributed by atoms with Crippen LogP contribution < -0.4 is 0 Å². The first-order valence-electron chi connectivity index (χ1n) is 19.9. The van der Waals surface area contributed by atoms with Crippen molar-refractivity contribution in [3.8, 4) is 0 Å². The van der Waals surface area contributed by atoms with Gasteiger partial charge in [0.15, 0.2) is 0 Å². The van der Waals surface area contributed by atoms with Crippen LogP contribution in [0.2, 0.25) is 0 Å². The van der Waals surface area contributed by atoms with Crippen molar-refractivity contribution in [3.63, 3.8) is 0 Å². The Balaban J connectivity index is 2.04. The molecule has 0 bridgehead atoms. The number of aryl methyl sites for hydroxylation is 1. The van der Waals surface area contributed by atoms with Gasteiger partial charge in [-0.15, -0.1) is 11.6 Å². The fourth-order valence-corrected chi connectivity index (χ4v) is 7.21. The van der Waals surface area contributed by atoms with Crippen LogP contribution in [-0.4, -0.2) is 0 Å². The van der Waals surface area contributed by atoms with E-state index >= 15 is 0 Å². The summed E-state index contributed by atoms with van der Waals surface area (Å²) in [6.45, 7) is 6.87. The Labute approximate surface area is 277 Å². The van der Waals surface area contributed by atoms with E-state index in [0.717, 1.165) is 6.42 Å². The topological polar surface area (TPSA) is 0 Å². The van der Waals surface area contributed by atoms with E-state index < -0.39 is 0 Å². The zero-order chi connectivity index (χ0) is 31.1. The van der Waals surface area contributed by atoms with Gasteiger partial charge in [-0.1, -0.05) is 224 Å². The van der Waals surface area contributed by atoms with E-state index in [2.05, 4.69) is 45.0 Å². The molecule has 0 saturated carbocycles. The number of hydrogen-bond acceptors (Lipinski definition) is 0. The van der Waals surface area contributed by atoms with Crippen molar-refractivity contribution in [2.75, 3.05) is 0 Å². The molecule has 1 aromatic carbocycles. The van der Waals surface area contributed by atoms with Crippen LogP contribution in [0.25, 0.3) is 0 Å². The lowest BCUT2D eigenvalue weighted by Gasteiger charge is -2.26. The molecule has 0 aliphatic carbocycles. The molecular weight excluding hydrogens is 540 g/mol. The van der Waals surface area contributed by atoms with Crippen LogP contribution in [0.15, 0.2) is 24.3 Å². The Morgan fingerprint density at radius 3 is 1.09 bits per heavy atom. The van der Waals surface area contributed by atoms with Gasteiger partial charge in [0.25, 0.3) is 0 Å². The molecule has 1 aromatic rings. The highest BCUT2D eigenvalue weighted by atomic mass is 35.5. The summed E-state index contributed by atoms with van der Waals surface area (Å²) in [6, 6.07) is 9.05. The largest absolute Gasteiger partial charge is 0.114 e. The average molecular weight is 618 g/mol. The Bertz CT molecular complexity index is 692. The third kappa shape index (κ3) is 24.4. The Hall–Kier alpha value is -0.490.